The van der Waals surface area contributed by atoms with Crippen molar-refractivity contribution in [2.45, 2.75) is 13.0 Å². The summed E-state index contributed by atoms with van der Waals surface area (Å²) in [5, 5.41) is 17.1. The molecule has 0 saturated carbocycles. The molecule has 0 spiro atoms. The summed E-state index contributed by atoms with van der Waals surface area (Å²) in [6, 6.07) is 8.66. The minimum Gasteiger partial charge on any atom is -0.491 e. The van der Waals surface area contributed by atoms with Crippen LogP contribution in [0.25, 0.3) is 0 Å². The van der Waals surface area contributed by atoms with Crippen LogP contribution in [0.2, 0.25) is 0 Å². The molecule has 0 bridgehead atoms. The topological polar surface area (TPSA) is 79.5 Å². The van der Waals surface area contributed by atoms with Crippen LogP contribution in [-0.4, -0.2) is 30.4 Å². The molecule has 1 atom stereocenters. The number of carboxylic acid groups (broad SMARTS) is 1. The molecule has 0 fully saturated rings. The quantitative estimate of drug-likeness (QED) is 0.754. The fourth-order valence-electron chi connectivity index (χ4n) is 1.08. The van der Waals surface area contributed by atoms with E-state index in [2.05, 4.69) is 0 Å². The first-order valence-electron chi connectivity index (χ1n) is 5.11. The molecule has 5 heteroatoms. The highest BCUT2D eigenvalue weighted by Gasteiger charge is 2.09. The average molecular weight is 235 g/mol. The maximum absolute atomic E-state index is 10.4. The molecule has 0 aromatic heterocycles. The van der Waals surface area contributed by atoms with Gasteiger partial charge in [0.25, 0.3) is 0 Å². The maximum atomic E-state index is 10.4. The predicted molar refractivity (Wildman–Crippen MR) is 59.7 cm³/mol. The largest absolute Gasteiger partial charge is 0.491 e. The second-order valence-corrected chi connectivity index (χ2v) is 3.34. The van der Waals surface area contributed by atoms with Gasteiger partial charge in [0.1, 0.15) is 12.4 Å². The number of hydrogen-bond acceptors (Lipinski definition) is 4. The first-order chi connectivity index (χ1) is 8.13. The molecule has 90 valence electrons. The van der Waals surface area contributed by atoms with E-state index < -0.39 is 12.1 Å². The Labute approximate surface area is 99.2 Å². The van der Waals surface area contributed by atoms with E-state index in [1.807, 2.05) is 6.07 Å². The number of carboxylic acids is 1. The Morgan fingerprint density at radius 2 is 2.06 bits per heavy atom. The summed E-state index contributed by atoms with van der Waals surface area (Å²) in [4.78, 5) is 10.4. The van der Waals surface area contributed by atoms with Gasteiger partial charge in [0.2, 0.25) is 0 Å². The highest BCUT2D eigenvalue weighted by Crippen LogP contribution is 2.11. The summed E-state index contributed by atoms with van der Waals surface area (Å²) < 4.78 is 10.3. The van der Waals surface area contributed by atoms with Crippen LogP contribution in [0.1, 0.15) is 12.5 Å². The van der Waals surface area contributed by atoms with Crippen LogP contribution in [0.15, 0.2) is 24.3 Å². The molecule has 0 amide bonds. The van der Waals surface area contributed by atoms with Crippen LogP contribution in [0.3, 0.4) is 0 Å². The van der Waals surface area contributed by atoms with Crippen molar-refractivity contribution in [3.63, 3.8) is 0 Å². The van der Waals surface area contributed by atoms with E-state index in [0.29, 0.717) is 11.3 Å². The third kappa shape index (κ3) is 4.53. The van der Waals surface area contributed by atoms with Gasteiger partial charge < -0.3 is 14.6 Å². The van der Waals surface area contributed by atoms with Crippen LogP contribution in [0, 0.1) is 11.3 Å². The predicted octanol–water partition coefficient (Wildman–Crippen LogP) is 1.43. The van der Waals surface area contributed by atoms with E-state index in [-0.39, 0.29) is 13.2 Å². The third-order valence-electron chi connectivity index (χ3n) is 2.05. The highest BCUT2D eigenvalue weighted by molar-refractivity contribution is 5.71. The molecule has 1 unspecified atom stereocenters. The lowest BCUT2D eigenvalue weighted by molar-refractivity contribution is -0.149. The maximum Gasteiger partial charge on any atom is 0.332 e. The Morgan fingerprint density at radius 1 is 1.41 bits per heavy atom. The molecule has 0 aliphatic heterocycles. The van der Waals surface area contributed by atoms with E-state index in [1.54, 1.807) is 24.3 Å². The zero-order chi connectivity index (χ0) is 12.7. The number of rotatable bonds is 6. The van der Waals surface area contributed by atoms with Crippen LogP contribution in [0.5, 0.6) is 5.75 Å². The number of hydrogen-bond donors (Lipinski definition) is 1. The molecule has 1 aromatic rings. The second-order valence-electron chi connectivity index (χ2n) is 3.34. The van der Waals surface area contributed by atoms with Gasteiger partial charge in [-0.05, 0) is 31.2 Å². The van der Waals surface area contributed by atoms with E-state index >= 15 is 0 Å². The van der Waals surface area contributed by atoms with Gasteiger partial charge in [-0.15, -0.1) is 0 Å². The van der Waals surface area contributed by atoms with Crippen LogP contribution < -0.4 is 4.74 Å². The van der Waals surface area contributed by atoms with Gasteiger partial charge in [-0.2, -0.15) is 5.26 Å². The lowest BCUT2D eigenvalue weighted by Crippen LogP contribution is -2.22. The van der Waals surface area contributed by atoms with Crippen LogP contribution in [0.4, 0.5) is 0 Å². The highest BCUT2D eigenvalue weighted by atomic mass is 16.5. The van der Waals surface area contributed by atoms with Gasteiger partial charge in [-0.25, -0.2) is 4.79 Å². The van der Waals surface area contributed by atoms with Crippen molar-refractivity contribution in [1.29, 1.82) is 5.26 Å². The molecule has 1 rings (SSSR count). The summed E-state index contributed by atoms with van der Waals surface area (Å²) in [5.41, 5.74) is 0.563. The molecule has 0 aliphatic carbocycles. The van der Waals surface area contributed by atoms with E-state index in [9.17, 15) is 4.79 Å². The van der Waals surface area contributed by atoms with Crippen molar-refractivity contribution in [3.8, 4) is 11.8 Å². The summed E-state index contributed by atoms with van der Waals surface area (Å²) in [7, 11) is 0. The lowest BCUT2D eigenvalue weighted by atomic mass is 10.2. The number of ether oxygens (including phenoxy) is 2. The van der Waals surface area contributed by atoms with Crippen molar-refractivity contribution in [1.82, 2.24) is 0 Å². The standard InChI is InChI=1S/C12H13NO4/c1-9(12(14)15)16-6-7-17-11-4-2-10(8-13)3-5-11/h2-5,9H,6-7H2,1H3,(H,14,15). The van der Waals surface area contributed by atoms with Crippen LogP contribution in [-0.2, 0) is 9.53 Å². The smallest absolute Gasteiger partial charge is 0.332 e. The summed E-state index contributed by atoms with van der Waals surface area (Å²) in [5.74, 6) is -0.376. The number of aliphatic carboxylic acids is 1. The zero-order valence-corrected chi connectivity index (χ0v) is 9.42. The molecule has 1 N–H and O–H groups in total. The molecular formula is C12H13NO4. The number of carbonyl (C=O) groups is 1. The van der Waals surface area contributed by atoms with E-state index in [4.69, 9.17) is 19.8 Å². The van der Waals surface area contributed by atoms with Gasteiger partial charge in [-0.1, -0.05) is 0 Å². The monoisotopic (exact) mass is 235 g/mol. The molecule has 0 aliphatic rings. The lowest BCUT2D eigenvalue weighted by Gasteiger charge is -2.09. The van der Waals surface area contributed by atoms with Gasteiger partial charge in [0.15, 0.2) is 6.10 Å². The summed E-state index contributed by atoms with van der Waals surface area (Å²) in [6.07, 6.45) is -0.834. The Hall–Kier alpha value is -2.06. The second kappa shape index (κ2) is 6.51. The Bertz CT molecular complexity index is 408. The van der Waals surface area contributed by atoms with Gasteiger partial charge >= 0.3 is 5.97 Å². The number of nitriles is 1. The number of benzene rings is 1. The van der Waals surface area contributed by atoms with Crippen molar-refractivity contribution in [3.05, 3.63) is 29.8 Å². The van der Waals surface area contributed by atoms with Crippen LogP contribution >= 0.6 is 0 Å². The Morgan fingerprint density at radius 3 is 2.59 bits per heavy atom. The van der Waals surface area contributed by atoms with Gasteiger partial charge in [0.05, 0.1) is 18.2 Å². The fraction of sp³-hybridized carbons (Fsp3) is 0.333. The zero-order valence-electron chi connectivity index (χ0n) is 9.42. The first kappa shape index (κ1) is 13.0. The molecule has 0 saturated heterocycles. The Balaban J connectivity index is 2.27. The molecule has 0 heterocycles. The normalized spacial score (nSPS) is 11.5. The molecule has 1 aromatic carbocycles. The third-order valence-corrected chi connectivity index (χ3v) is 2.05. The average Bonchev–Trinajstić information content (AvgIpc) is 2.35. The fourth-order valence-corrected chi connectivity index (χ4v) is 1.08. The van der Waals surface area contributed by atoms with Gasteiger partial charge in [0, 0.05) is 0 Å². The molecule has 0 radical (unpaired) electrons. The van der Waals surface area contributed by atoms with Crippen molar-refractivity contribution in [2.75, 3.05) is 13.2 Å². The number of nitrogens with zero attached hydrogens (tertiary/aromatic N) is 1. The summed E-state index contributed by atoms with van der Waals surface area (Å²) >= 11 is 0. The molecule has 17 heavy (non-hydrogen) atoms. The Kier molecular flexibility index (Phi) is 4.98. The van der Waals surface area contributed by atoms with E-state index in [1.165, 1.54) is 6.92 Å². The van der Waals surface area contributed by atoms with Gasteiger partial charge in [-0.3, -0.25) is 0 Å². The van der Waals surface area contributed by atoms with Crippen molar-refractivity contribution in [2.24, 2.45) is 0 Å². The molecule has 5 nitrogen and oxygen atoms in total. The minimum atomic E-state index is -0.997. The van der Waals surface area contributed by atoms with E-state index in [0.717, 1.165) is 0 Å². The summed E-state index contributed by atoms with van der Waals surface area (Å²) in [6.45, 7) is 1.93. The SMILES string of the molecule is CC(OCCOc1ccc(C#N)cc1)C(=O)O. The van der Waals surface area contributed by atoms with Crippen molar-refractivity contribution >= 4 is 5.97 Å². The molecular weight excluding hydrogens is 222 g/mol. The minimum absolute atomic E-state index is 0.202. The first-order valence-corrected chi connectivity index (χ1v) is 5.11. The van der Waals surface area contributed by atoms with Crippen molar-refractivity contribution < 1.29 is 19.4 Å².